The second kappa shape index (κ2) is 13.2. The Morgan fingerprint density at radius 1 is 1.05 bits per heavy atom. The smallest absolute Gasteiger partial charge is 0.413 e. The van der Waals surface area contributed by atoms with E-state index in [1.54, 1.807) is 0 Å². The molecule has 1 amide bonds. The van der Waals surface area contributed by atoms with Gasteiger partial charge in [0, 0.05) is 6.07 Å². The summed E-state index contributed by atoms with van der Waals surface area (Å²) >= 11 is 0. The van der Waals surface area contributed by atoms with E-state index in [0.717, 1.165) is 10.0 Å². The number of nitrogens with zero attached hydrogens (tertiary/aromatic N) is 1. The molecule has 0 unspecified atom stereocenters. The van der Waals surface area contributed by atoms with Gasteiger partial charge >= 0.3 is 6.09 Å². The fourth-order valence-electron chi connectivity index (χ4n) is 3.57. The summed E-state index contributed by atoms with van der Waals surface area (Å²) in [5, 5.41) is 23.4. The maximum absolute atomic E-state index is 13.4. The van der Waals surface area contributed by atoms with E-state index in [-0.39, 0.29) is 22.8 Å². The van der Waals surface area contributed by atoms with Crippen molar-refractivity contribution in [2.24, 2.45) is 0 Å². The van der Waals surface area contributed by atoms with Crippen molar-refractivity contribution in [2.75, 3.05) is 6.54 Å². The Labute approximate surface area is 216 Å². The lowest BCUT2D eigenvalue weighted by atomic mass is 10.0. The van der Waals surface area contributed by atoms with Gasteiger partial charge in [-0.15, -0.1) is 0 Å². The molecule has 0 spiro atoms. The fraction of sp³-hybridized carbons (Fsp3) is 0.346. The first-order valence-electron chi connectivity index (χ1n) is 11.9. The van der Waals surface area contributed by atoms with Gasteiger partial charge in [0.25, 0.3) is 10.0 Å². The highest BCUT2D eigenvalue weighted by Crippen LogP contribution is 2.22. The lowest BCUT2D eigenvalue weighted by Crippen LogP contribution is -2.51. The van der Waals surface area contributed by atoms with Crippen LogP contribution in [0.2, 0.25) is 0 Å². The number of furan rings is 1. The van der Waals surface area contributed by atoms with Crippen molar-refractivity contribution >= 4 is 16.1 Å². The van der Waals surface area contributed by atoms with Gasteiger partial charge in [0.15, 0.2) is 5.75 Å². The number of nitrogens with one attached hydrogen (secondary N) is 1. The van der Waals surface area contributed by atoms with Gasteiger partial charge in [0.2, 0.25) is 0 Å². The Morgan fingerprint density at radius 2 is 1.73 bits per heavy atom. The molecule has 3 aromatic rings. The number of aliphatic hydroxyl groups excluding tert-OH is 1. The average Bonchev–Trinajstić information content (AvgIpc) is 3.39. The van der Waals surface area contributed by atoms with Crippen LogP contribution in [0.15, 0.2) is 82.5 Å². The number of phenolic OH excluding ortho intramolecular Hbond substituents is 1. The second-order valence-electron chi connectivity index (χ2n) is 8.38. The summed E-state index contributed by atoms with van der Waals surface area (Å²) < 4.78 is 37.7. The van der Waals surface area contributed by atoms with Crippen LogP contribution in [-0.4, -0.2) is 54.0 Å². The van der Waals surface area contributed by atoms with E-state index >= 15 is 0 Å². The number of carbonyl (C=O) groups excluding carboxylic acids is 1. The fourth-order valence-corrected chi connectivity index (χ4v) is 4.87. The number of sulfonamides is 1. The molecule has 3 N–H and O–H groups in total. The topological polar surface area (TPSA) is 139 Å². The zero-order valence-corrected chi connectivity index (χ0v) is 21.5. The van der Waals surface area contributed by atoms with Crippen LogP contribution in [0, 0.1) is 0 Å². The van der Waals surface area contributed by atoms with Crippen LogP contribution in [0.4, 0.5) is 4.79 Å². The zero-order chi connectivity index (χ0) is 26.8. The van der Waals surface area contributed by atoms with Crippen molar-refractivity contribution in [2.45, 2.75) is 56.3 Å². The van der Waals surface area contributed by atoms with Crippen LogP contribution in [-0.2, 0) is 21.3 Å². The number of hydroxylamine groups is 1. The number of amides is 1. The predicted octanol–water partition coefficient (Wildman–Crippen LogP) is 3.86. The molecule has 3 rings (SSSR count). The highest BCUT2D eigenvalue weighted by molar-refractivity contribution is 7.89. The van der Waals surface area contributed by atoms with Crippen LogP contribution in [0.3, 0.4) is 0 Å². The Morgan fingerprint density at radius 3 is 2.32 bits per heavy atom. The Bertz CT molecular complexity index is 1200. The molecule has 0 fully saturated rings. The molecule has 10 nitrogen and oxygen atoms in total. The number of hydrogen-bond acceptors (Lipinski definition) is 8. The Balaban J connectivity index is 1.86. The van der Waals surface area contributed by atoms with Gasteiger partial charge < -0.3 is 24.7 Å². The van der Waals surface area contributed by atoms with Crippen molar-refractivity contribution < 1.29 is 37.4 Å². The van der Waals surface area contributed by atoms with Crippen LogP contribution in [0.5, 0.6) is 11.5 Å². The Kier molecular flexibility index (Phi) is 10.1. The molecule has 11 heteroatoms. The summed E-state index contributed by atoms with van der Waals surface area (Å²) in [5.41, 5.74) is 0.809. The van der Waals surface area contributed by atoms with E-state index < -0.39 is 40.9 Å². The van der Waals surface area contributed by atoms with Crippen molar-refractivity contribution in [1.29, 1.82) is 0 Å². The maximum Gasteiger partial charge on any atom is 0.413 e. The van der Waals surface area contributed by atoms with Crippen molar-refractivity contribution in [1.82, 2.24) is 9.79 Å². The molecule has 0 saturated carbocycles. The first kappa shape index (κ1) is 28.2. The Hall–Kier alpha value is -3.38. The standard InChI is InChI=1S/C26H32N2O8S/c1-3-21(4-2)36-28(37(32,33)23-12-10-20(29)11-13-23)17-25(30)24(16-19-8-6-5-7-9-19)27-26(31)35-22-14-15-34-18-22/h5-15,18,21,24-25,29-30H,3-4,16-17H2,1-2H3,(H,27,31)/t24-,25-/m0/s1. The summed E-state index contributed by atoms with van der Waals surface area (Å²) in [7, 11) is -4.22. The SMILES string of the molecule is CCC(CC)ON(C[C@H](O)[C@H](Cc1ccccc1)NC(=O)Oc1ccoc1)S(=O)(=O)c1ccc(O)cc1. The lowest BCUT2D eigenvalue weighted by Gasteiger charge is -2.31. The van der Waals surface area contributed by atoms with Crippen molar-refractivity contribution in [3.8, 4) is 11.5 Å². The zero-order valence-electron chi connectivity index (χ0n) is 20.7. The number of ether oxygens (including phenoxy) is 1. The minimum Gasteiger partial charge on any atom is -0.508 e. The van der Waals surface area contributed by atoms with E-state index in [2.05, 4.69) is 5.32 Å². The molecular formula is C26H32N2O8S. The van der Waals surface area contributed by atoms with Crippen LogP contribution >= 0.6 is 0 Å². The molecule has 0 aliphatic carbocycles. The molecule has 2 atom stereocenters. The normalized spacial score (nSPS) is 13.4. The van der Waals surface area contributed by atoms with Crippen LogP contribution in [0.1, 0.15) is 32.3 Å². The number of rotatable bonds is 13. The van der Waals surface area contributed by atoms with Gasteiger partial charge in [-0.25, -0.2) is 13.2 Å². The van der Waals surface area contributed by atoms with E-state index in [0.29, 0.717) is 12.8 Å². The van der Waals surface area contributed by atoms with Crippen molar-refractivity contribution in [3.63, 3.8) is 0 Å². The number of aliphatic hydroxyl groups is 1. The number of phenols is 1. The molecule has 0 radical (unpaired) electrons. The molecule has 200 valence electrons. The third-order valence-corrected chi connectivity index (χ3v) is 7.33. The maximum atomic E-state index is 13.4. The number of hydrogen-bond donors (Lipinski definition) is 3. The third-order valence-electron chi connectivity index (χ3n) is 5.69. The minimum absolute atomic E-state index is 0.0882. The quantitative estimate of drug-likeness (QED) is 0.282. The molecule has 0 bridgehead atoms. The minimum atomic E-state index is -4.22. The molecular weight excluding hydrogens is 500 g/mol. The number of carbonyl (C=O) groups is 1. The van der Waals surface area contributed by atoms with Gasteiger partial charge in [-0.3, -0.25) is 4.84 Å². The first-order chi connectivity index (χ1) is 17.7. The van der Waals surface area contributed by atoms with E-state index in [1.807, 2.05) is 44.2 Å². The van der Waals surface area contributed by atoms with Crippen LogP contribution < -0.4 is 10.1 Å². The predicted molar refractivity (Wildman–Crippen MR) is 135 cm³/mol. The molecule has 37 heavy (non-hydrogen) atoms. The second-order valence-corrected chi connectivity index (χ2v) is 10.2. The summed E-state index contributed by atoms with van der Waals surface area (Å²) in [6.07, 6.45) is 1.23. The third kappa shape index (κ3) is 8.05. The molecule has 1 aromatic heterocycles. The van der Waals surface area contributed by atoms with E-state index in [4.69, 9.17) is 14.0 Å². The van der Waals surface area contributed by atoms with E-state index in [9.17, 15) is 23.4 Å². The highest BCUT2D eigenvalue weighted by Gasteiger charge is 2.33. The summed E-state index contributed by atoms with van der Waals surface area (Å²) in [4.78, 5) is 18.3. The first-order valence-corrected chi connectivity index (χ1v) is 13.4. The van der Waals surface area contributed by atoms with Gasteiger partial charge in [-0.1, -0.05) is 48.6 Å². The molecule has 0 aliphatic heterocycles. The van der Waals surface area contributed by atoms with Gasteiger partial charge in [0.1, 0.15) is 12.0 Å². The summed E-state index contributed by atoms with van der Waals surface area (Å²) in [6, 6.07) is 14.7. The average molecular weight is 533 g/mol. The monoisotopic (exact) mass is 532 g/mol. The molecule has 0 aliphatic rings. The number of aromatic hydroxyl groups is 1. The molecule has 2 aromatic carbocycles. The summed E-state index contributed by atoms with van der Waals surface area (Å²) in [6.45, 7) is 3.26. The number of benzene rings is 2. The van der Waals surface area contributed by atoms with Gasteiger partial charge in [-0.05, 0) is 49.1 Å². The van der Waals surface area contributed by atoms with Gasteiger partial charge in [-0.2, -0.15) is 0 Å². The lowest BCUT2D eigenvalue weighted by molar-refractivity contribution is -0.149. The van der Waals surface area contributed by atoms with Crippen molar-refractivity contribution in [3.05, 3.63) is 78.8 Å². The largest absolute Gasteiger partial charge is 0.508 e. The summed E-state index contributed by atoms with van der Waals surface area (Å²) in [5.74, 6) is 0.0914. The highest BCUT2D eigenvalue weighted by atomic mass is 32.2. The molecule has 1 heterocycles. The van der Waals surface area contributed by atoms with E-state index in [1.165, 1.54) is 42.9 Å². The van der Waals surface area contributed by atoms with Gasteiger partial charge in [0.05, 0.1) is 36.0 Å². The molecule has 0 saturated heterocycles. The van der Waals surface area contributed by atoms with Crippen LogP contribution in [0.25, 0.3) is 0 Å².